The molecule has 0 saturated carbocycles. The van der Waals surface area contributed by atoms with E-state index in [1.54, 1.807) is 11.9 Å². The van der Waals surface area contributed by atoms with E-state index in [2.05, 4.69) is 6.92 Å². The van der Waals surface area contributed by atoms with Crippen molar-refractivity contribution in [1.82, 2.24) is 4.90 Å². The van der Waals surface area contributed by atoms with E-state index in [1.807, 2.05) is 51.1 Å². The van der Waals surface area contributed by atoms with Crippen LogP contribution in [-0.4, -0.2) is 40.6 Å². The molecule has 0 aromatic heterocycles. The first-order valence-electron chi connectivity index (χ1n) is 7.93. The first-order valence-corrected chi connectivity index (χ1v) is 8.81. The number of hydrogen-bond acceptors (Lipinski definition) is 4. The minimum absolute atomic E-state index is 0.0809. The van der Waals surface area contributed by atoms with Gasteiger partial charge in [-0.05, 0) is 33.6 Å². The fraction of sp³-hybridized carbons (Fsp3) is 0.556. The lowest BCUT2D eigenvalue weighted by atomic mass is 10.2. The summed E-state index contributed by atoms with van der Waals surface area (Å²) in [5.74, 6) is 0. The van der Waals surface area contributed by atoms with Crippen LogP contribution in [0.5, 0.6) is 0 Å². The highest BCUT2D eigenvalue weighted by atomic mass is 32.2. The second-order valence-corrected chi connectivity index (χ2v) is 7.77. The van der Waals surface area contributed by atoms with Crippen LogP contribution in [0.3, 0.4) is 0 Å². The van der Waals surface area contributed by atoms with Crippen LogP contribution in [-0.2, 0) is 4.74 Å². The van der Waals surface area contributed by atoms with Crippen LogP contribution in [0.25, 0.3) is 0 Å². The monoisotopic (exact) mass is 337 g/mol. The number of nitrogens with zero attached hydrogens (tertiary/aromatic N) is 1. The van der Waals surface area contributed by atoms with E-state index in [9.17, 15) is 9.59 Å². The molecule has 0 fully saturated rings. The second kappa shape index (κ2) is 8.96. The molecule has 0 N–H and O–H groups in total. The number of benzene rings is 1. The Morgan fingerprint density at radius 2 is 1.83 bits per heavy atom. The molecular formula is C18H27NO3S. The molecule has 1 aromatic carbocycles. The Bertz CT molecular complexity index is 511. The van der Waals surface area contributed by atoms with Crippen LogP contribution >= 0.6 is 11.8 Å². The Hall–Kier alpha value is -1.49. The van der Waals surface area contributed by atoms with E-state index in [0.29, 0.717) is 6.54 Å². The van der Waals surface area contributed by atoms with E-state index in [0.717, 1.165) is 18.4 Å². The van der Waals surface area contributed by atoms with Crippen molar-refractivity contribution in [2.75, 3.05) is 13.6 Å². The van der Waals surface area contributed by atoms with Crippen molar-refractivity contribution >= 4 is 23.0 Å². The van der Waals surface area contributed by atoms with E-state index in [1.165, 1.54) is 11.8 Å². The summed E-state index contributed by atoms with van der Waals surface area (Å²) >= 11 is 1.35. The van der Waals surface area contributed by atoms with Crippen molar-refractivity contribution in [3.63, 3.8) is 0 Å². The Morgan fingerprint density at radius 3 is 2.35 bits per heavy atom. The lowest BCUT2D eigenvalue weighted by Crippen LogP contribution is -2.35. The van der Waals surface area contributed by atoms with Gasteiger partial charge in [0.05, 0.1) is 0 Å². The maximum absolute atomic E-state index is 12.2. The summed E-state index contributed by atoms with van der Waals surface area (Å²) in [6.07, 6.45) is 1.31. The molecule has 1 amide bonds. The molecule has 1 unspecified atom stereocenters. The van der Waals surface area contributed by atoms with Gasteiger partial charge >= 0.3 is 6.09 Å². The Morgan fingerprint density at radius 1 is 1.22 bits per heavy atom. The van der Waals surface area contributed by atoms with Gasteiger partial charge < -0.3 is 9.64 Å². The molecule has 128 valence electrons. The fourth-order valence-electron chi connectivity index (χ4n) is 1.91. The topological polar surface area (TPSA) is 46.6 Å². The summed E-state index contributed by atoms with van der Waals surface area (Å²) in [5, 5.41) is 0.268. The van der Waals surface area contributed by atoms with E-state index < -0.39 is 5.60 Å². The van der Waals surface area contributed by atoms with Crippen LogP contribution in [0.2, 0.25) is 0 Å². The number of hydrogen-bond donors (Lipinski definition) is 0. The molecule has 23 heavy (non-hydrogen) atoms. The quantitative estimate of drug-likeness (QED) is 0.761. The molecule has 4 nitrogen and oxygen atoms in total. The first kappa shape index (κ1) is 19.6. The summed E-state index contributed by atoms with van der Waals surface area (Å²) < 4.78 is 5.33. The van der Waals surface area contributed by atoms with Crippen molar-refractivity contribution in [1.29, 1.82) is 0 Å². The standard InChI is InChI=1S/C18H27NO3S/c1-6-15(23-16(20)14-10-8-7-9-11-14)12-13-19(5)17(21)22-18(2,3)4/h7-11,15H,6,12-13H2,1-5H3. The summed E-state index contributed by atoms with van der Waals surface area (Å²) in [7, 11) is 1.73. The molecule has 1 atom stereocenters. The van der Waals surface area contributed by atoms with E-state index in [4.69, 9.17) is 4.74 Å². The lowest BCUT2D eigenvalue weighted by Gasteiger charge is -2.25. The molecule has 1 rings (SSSR count). The van der Waals surface area contributed by atoms with Gasteiger partial charge in [-0.2, -0.15) is 0 Å². The number of thioether (sulfide) groups is 1. The van der Waals surface area contributed by atoms with Gasteiger partial charge in [-0.25, -0.2) is 4.79 Å². The number of carbonyl (C=O) groups is 2. The molecule has 1 aromatic rings. The van der Waals surface area contributed by atoms with Crippen LogP contribution in [0.1, 0.15) is 50.9 Å². The Labute approximate surface area is 143 Å². The molecule has 0 bridgehead atoms. The zero-order valence-corrected chi connectivity index (χ0v) is 15.5. The van der Waals surface area contributed by atoms with Crippen LogP contribution in [0.4, 0.5) is 4.79 Å². The van der Waals surface area contributed by atoms with Crippen LogP contribution in [0, 0.1) is 0 Å². The van der Waals surface area contributed by atoms with Crippen LogP contribution in [0.15, 0.2) is 30.3 Å². The summed E-state index contributed by atoms with van der Waals surface area (Å²) in [6.45, 7) is 8.18. The molecule has 0 aliphatic rings. The molecule has 0 spiro atoms. The largest absolute Gasteiger partial charge is 0.444 e. The average molecular weight is 337 g/mol. The first-order chi connectivity index (χ1) is 10.7. The highest BCUT2D eigenvalue weighted by Crippen LogP contribution is 2.23. The summed E-state index contributed by atoms with van der Waals surface area (Å²) in [4.78, 5) is 25.7. The molecule has 0 heterocycles. The molecule has 5 heteroatoms. The fourth-order valence-corrected chi connectivity index (χ4v) is 2.87. The molecule has 0 aliphatic heterocycles. The van der Waals surface area contributed by atoms with Crippen molar-refractivity contribution in [2.24, 2.45) is 0 Å². The SMILES string of the molecule is CCC(CCN(C)C(=O)OC(C)(C)C)SC(=O)c1ccccc1. The van der Waals surface area contributed by atoms with E-state index >= 15 is 0 Å². The van der Waals surface area contributed by atoms with Crippen molar-refractivity contribution in [3.05, 3.63) is 35.9 Å². The number of rotatable bonds is 6. The predicted molar refractivity (Wildman–Crippen MR) is 95.9 cm³/mol. The minimum atomic E-state index is -0.493. The highest BCUT2D eigenvalue weighted by Gasteiger charge is 2.21. The smallest absolute Gasteiger partial charge is 0.410 e. The second-order valence-electron chi connectivity index (χ2n) is 6.49. The number of carbonyl (C=O) groups excluding carboxylic acids is 2. The van der Waals surface area contributed by atoms with Gasteiger partial charge in [0.25, 0.3) is 0 Å². The van der Waals surface area contributed by atoms with Gasteiger partial charge in [0.15, 0.2) is 0 Å². The van der Waals surface area contributed by atoms with Gasteiger partial charge in [0.1, 0.15) is 5.60 Å². The molecular weight excluding hydrogens is 310 g/mol. The van der Waals surface area contributed by atoms with Crippen LogP contribution < -0.4 is 0 Å². The van der Waals surface area contributed by atoms with Gasteiger partial charge in [-0.1, -0.05) is 49.0 Å². The summed E-state index contributed by atoms with van der Waals surface area (Å²) in [5.41, 5.74) is 0.226. The Balaban J connectivity index is 2.47. The van der Waals surface area contributed by atoms with Crippen molar-refractivity contribution < 1.29 is 14.3 Å². The highest BCUT2D eigenvalue weighted by molar-refractivity contribution is 8.14. The third kappa shape index (κ3) is 7.55. The zero-order valence-electron chi connectivity index (χ0n) is 14.7. The summed E-state index contributed by atoms with van der Waals surface area (Å²) in [6, 6.07) is 9.29. The maximum Gasteiger partial charge on any atom is 0.410 e. The van der Waals surface area contributed by atoms with E-state index in [-0.39, 0.29) is 16.5 Å². The van der Waals surface area contributed by atoms with Gasteiger partial charge in [0, 0.05) is 24.4 Å². The van der Waals surface area contributed by atoms with Gasteiger partial charge in [0.2, 0.25) is 5.12 Å². The molecule has 0 radical (unpaired) electrons. The average Bonchev–Trinajstić information content (AvgIpc) is 2.50. The lowest BCUT2D eigenvalue weighted by molar-refractivity contribution is 0.0297. The van der Waals surface area contributed by atoms with Gasteiger partial charge in [-0.3, -0.25) is 4.79 Å². The van der Waals surface area contributed by atoms with Crippen molar-refractivity contribution in [3.8, 4) is 0 Å². The molecule has 0 saturated heterocycles. The zero-order chi connectivity index (χ0) is 17.5. The Kier molecular flexibility index (Phi) is 7.62. The third-order valence-electron chi connectivity index (χ3n) is 3.23. The number of ether oxygens (including phenoxy) is 1. The van der Waals surface area contributed by atoms with Crippen molar-refractivity contribution in [2.45, 2.75) is 51.4 Å². The normalized spacial score (nSPS) is 12.6. The maximum atomic E-state index is 12.2. The molecule has 0 aliphatic carbocycles. The van der Waals surface area contributed by atoms with Gasteiger partial charge in [-0.15, -0.1) is 0 Å². The predicted octanol–water partition coefficient (Wildman–Crippen LogP) is 4.60. The number of amides is 1. The minimum Gasteiger partial charge on any atom is -0.444 e. The third-order valence-corrected chi connectivity index (χ3v) is 4.58.